The second-order valence-corrected chi connectivity index (χ2v) is 5.36. The normalized spacial score (nSPS) is 10.5. The lowest BCUT2D eigenvalue weighted by atomic mass is 10.1. The lowest BCUT2D eigenvalue weighted by molar-refractivity contribution is -0.112. The van der Waals surface area contributed by atoms with Crippen molar-refractivity contribution < 1.29 is 9.59 Å². The Hall–Kier alpha value is -3.14. The Morgan fingerprint density at radius 2 is 1.70 bits per heavy atom. The number of carbonyl (C=O) groups excluding carboxylic acids is 2. The third-order valence-corrected chi connectivity index (χ3v) is 3.68. The molecule has 1 heterocycles. The largest absolute Gasteiger partial charge is 0.360 e. The van der Waals surface area contributed by atoms with Crippen molar-refractivity contribution in [2.24, 2.45) is 0 Å². The Balaban J connectivity index is 1.89. The number of nitrogens with one attached hydrogen (secondary N) is 2. The van der Waals surface area contributed by atoms with E-state index in [9.17, 15) is 9.59 Å². The van der Waals surface area contributed by atoms with Crippen LogP contribution in [0.5, 0.6) is 0 Å². The zero-order valence-corrected chi connectivity index (χ0v) is 12.7. The molecule has 4 nitrogen and oxygen atoms in total. The molecule has 2 N–H and O–H groups in total. The third kappa shape index (κ3) is 2.79. The lowest BCUT2D eigenvalue weighted by Crippen LogP contribution is -2.23. The fourth-order valence-corrected chi connectivity index (χ4v) is 2.53. The SMILES string of the molecule is C=C(C)c1ccccc1NC(=O)C(=O)c1c[nH]c2ccccc12. The number of hydrogen-bond acceptors (Lipinski definition) is 2. The molecule has 0 aliphatic rings. The molecule has 0 bridgehead atoms. The van der Waals surface area contributed by atoms with Crippen LogP contribution in [-0.4, -0.2) is 16.7 Å². The molecule has 2 aromatic carbocycles. The highest BCUT2D eigenvalue weighted by Gasteiger charge is 2.20. The van der Waals surface area contributed by atoms with Crippen LogP contribution in [0.1, 0.15) is 22.8 Å². The summed E-state index contributed by atoms with van der Waals surface area (Å²) in [4.78, 5) is 27.8. The highest BCUT2D eigenvalue weighted by Crippen LogP contribution is 2.23. The van der Waals surface area contributed by atoms with Gasteiger partial charge in [-0.05, 0) is 24.6 Å². The Morgan fingerprint density at radius 3 is 2.48 bits per heavy atom. The van der Waals surface area contributed by atoms with Crippen molar-refractivity contribution in [1.29, 1.82) is 0 Å². The summed E-state index contributed by atoms with van der Waals surface area (Å²) in [5.41, 5.74) is 3.41. The Labute approximate surface area is 133 Å². The number of aromatic amines is 1. The van der Waals surface area contributed by atoms with Gasteiger partial charge in [0.25, 0.3) is 11.7 Å². The number of rotatable bonds is 4. The van der Waals surface area contributed by atoms with E-state index < -0.39 is 11.7 Å². The molecule has 1 amide bonds. The van der Waals surface area contributed by atoms with Crippen LogP contribution in [0.25, 0.3) is 16.5 Å². The van der Waals surface area contributed by atoms with Crippen molar-refractivity contribution in [3.05, 3.63) is 72.4 Å². The summed E-state index contributed by atoms with van der Waals surface area (Å²) in [6.45, 7) is 5.74. The maximum absolute atomic E-state index is 12.5. The van der Waals surface area contributed by atoms with Gasteiger partial charge in [-0.25, -0.2) is 0 Å². The lowest BCUT2D eigenvalue weighted by Gasteiger charge is -2.10. The molecular formula is C19H16N2O2. The molecule has 3 aromatic rings. The molecule has 4 heteroatoms. The van der Waals surface area contributed by atoms with Crippen molar-refractivity contribution in [3.8, 4) is 0 Å². The number of para-hydroxylation sites is 2. The average Bonchev–Trinajstić information content (AvgIpc) is 2.98. The summed E-state index contributed by atoms with van der Waals surface area (Å²) >= 11 is 0. The molecule has 0 aliphatic carbocycles. The second-order valence-electron chi connectivity index (χ2n) is 5.36. The maximum Gasteiger partial charge on any atom is 0.296 e. The molecule has 1 aromatic heterocycles. The molecular weight excluding hydrogens is 288 g/mol. The van der Waals surface area contributed by atoms with Crippen molar-refractivity contribution in [1.82, 2.24) is 4.98 Å². The summed E-state index contributed by atoms with van der Waals surface area (Å²) in [6.07, 6.45) is 1.57. The first-order valence-electron chi connectivity index (χ1n) is 7.24. The molecule has 0 atom stereocenters. The van der Waals surface area contributed by atoms with E-state index in [0.29, 0.717) is 11.3 Å². The number of hydrogen-bond donors (Lipinski definition) is 2. The van der Waals surface area contributed by atoms with Gasteiger partial charge >= 0.3 is 0 Å². The van der Waals surface area contributed by atoms with Gasteiger partial charge in [0.05, 0.1) is 5.56 Å². The number of carbonyl (C=O) groups is 2. The van der Waals surface area contributed by atoms with E-state index in [1.165, 1.54) is 0 Å². The monoisotopic (exact) mass is 304 g/mol. The number of fused-ring (bicyclic) bond motifs is 1. The number of benzene rings is 2. The van der Waals surface area contributed by atoms with Crippen LogP contribution >= 0.6 is 0 Å². The topological polar surface area (TPSA) is 62.0 Å². The third-order valence-electron chi connectivity index (χ3n) is 3.68. The number of allylic oxidation sites excluding steroid dienone is 1. The molecule has 23 heavy (non-hydrogen) atoms. The van der Waals surface area contributed by atoms with Crippen molar-refractivity contribution in [2.75, 3.05) is 5.32 Å². The second kappa shape index (κ2) is 5.93. The van der Waals surface area contributed by atoms with E-state index in [2.05, 4.69) is 16.9 Å². The molecule has 0 saturated heterocycles. The molecule has 0 saturated carbocycles. The van der Waals surface area contributed by atoms with Crippen LogP contribution in [-0.2, 0) is 4.79 Å². The fourth-order valence-electron chi connectivity index (χ4n) is 2.53. The van der Waals surface area contributed by atoms with E-state index in [0.717, 1.165) is 22.0 Å². The van der Waals surface area contributed by atoms with Gasteiger partial charge < -0.3 is 10.3 Å². The smallest absolute Gasteiger partial charge is 0.296 e. The fraction of sp³-hybridized carbons (Fsp3) is 0.0526. The van der Waals surface area contributed by atoms with Crippen molar-refractivity contribution in [3.63, 3.8) is 0 Å². The van der Waals surface area contributed by atoms with Gasteiger partial charge in [0, 0.05) is 28.4 Å². The average molecular weight is 304 g/mol. The van der Waals surface area contributed by atoms with Gasteiger partial charge in [0.1, 0.15) is 0 Å². The summed E-state index contributed by atoms with van der Waals surface area (Å²) in [7, 11) is 0. The van der Waals surface area contributed by atoms with Gasteiger partial charge in [-0.3, -0.25) is 9.59 Å². The van der Waals surface area contributed by atoms with Gasteiger partial charge in [-0.15, -0.1) is 0 Å². The molecule has 3 rings (SSSR count). The minimum absolute atomic E-state index is 0.367. The van der Waals surface area contributed by atoms with E-state index >= 15 is 0 Å². The predicted molar refractivity (Wildman–Crippen MR) is 92.4 cm³/mol. The summed E-state index contributed by atoms with van der Waals surface area (Å²) in [5, 5.41) is 3.42. The molecule has 0 unspecified atom stereocenters. The number of H-pyrrole nitrogens is 1. The maximum atomic E-state index is 12.5. The predicted octanol–water partition coefficient (Wildman–Crippen LogP) is 4.02. The van der Waals surface area contributed by atoms with E-state index in [1.807, 2.05) is 43.3 Å². The Bertz CT molecular complexity index is 922. The first kappa shape index (κ1) is 14.8. The zero-order valence-electron chi connectivity index (χ0n) is 12.7. The first-order chi connectivity index (χ1) is 11.1. The van der Waals surface area contributed by atoms with Crippen LogP contribution in [0.2, 0.25) is 0 Å². The van der Waals surface area contributed by atoms with Crippen molar-refractivity contribution >= 4 is 33.9 Å². The Morgan fingerprint density at radius 1 is 1.00 bits per heavy atom. The molecule has 0 radical (unpaired) electrons. The quantitative estimate of drug-likeness (QED) is 0.565. The van der Waals surface area contributed by atoms with E-state index in [1.54, 1.807) is 18.3 Å². The zero-order chi connectivity index (χ0) is 16.4. The van der Waals surface area contributed by atoms with Crippen LogP contribution in [0.15, 0.2) is 61.3 Å². The van der Waals surface area contributed by atoms with Crippen LogP contribution in [0.4, 0.5) is 5.69 Å². The standard InChI is InChI=1S/C19H16N2O2/c1-12(2)13-7-3-6-10-17(13)21-19(23)18(22)15-11-20-16-9-5-4-8-14(15)16/h3-11,20H,1H2,2H3,(H,21,23). The van der Waals surface area contributed by atoms with Crippen molar-refractivity contribution in [2.45, 2.75) is 6.92 Å². The van der Waals surface area contributed by atoms with Gasteiger partial charge in [-0.2, -0.15) is 0 Å². The summed E-state index contributed by atoms with van der Waals surface area (Å²) in [5.74, 6) is -1.23. The van der Waals surface area contributed by atoms with E-state index in [-0.39, 0.29) is 0 Å². The Kier molecular flexibility index (Phi) is 3.81. The van der Waals surface area contributed by atoms with Crippen LogP contribution < -0.4 is 5.32 Å². The molecule has 0 fully saturated rings. The number of amides is 1. The number of aromatic nitrogens is 1. The number of Topliss-reactive ketones (excluding diaryl/α,β-unsaturated/α-hetero) is 1. The van der Waals surface area contributed by atoms with Gasteiger partial charge in [0.2, 0.25) is 0 Å². The summed E-state index contributed by atoms with van der Waals surface area (Å²) < 4.78 is 0. The van der Waals surface area contributed by atoms with E-state index in [4.69, 9.17) is 0 Å². The molecule has 0 aliphatic heterocycles. The number of anilines is 1. The minimum Gasteiger partial charge on any atom is -0.360 e. The molecule has 114 valence electrons. The van der Waals surface area contributed by atoms with Gasteiger partial charge in [-0.1, -0.05) is 43.0 Å². The minimum atomic E-state index is -0.663. The highest BCUT2D eigenvalue weighted by atomic mass is 16.2. The van der Waals surface area contributed by atoms with Crippen LogP contribution in [0.3, 0.4) is 0 Å². The van der Waals surface area contributed by atoms with Gasteiger partial charge in [0.15, 0.2) is 0 Å². The number of ketones is 1. The molecule has 0 spiro atoms. The highest BCUT2D eigenvalue weighted by molar-refractivity contribution is 6.48. The first-order valence-corrected chi connectivity index (χ1v) is 7.24. The summed E-state index contributed by atoms with van der Waals surface area (Å²) in [6, 6.07) is 14.7. The van der Waals surface area contributed by atoms with Crippen LogP contribution in [0, 0.1) is 0 Å².